The number of nitrogens with zero attached hydrogens (tertiary/aromatic N) is 1. The van der Waals surface area contributed by atoms with Crippen molar-refractivity contribution in [3.63, 3.8) is 0 Å². The van der Waals surface area contributed by atoms with Gasteiger partial charge in [0.25, 0.3) is 0 Å². The summed E-state index contributed by atoms with van der Waals surface area (Å²) >= 11 is 1.92. The van der Waals surface area contributed by atoms with Crippen molar-refractivity contribution >= 4 is 39.2 Å². The summed E-state index contributed by atoms with van der Waals surface area (Å²) in [4.78, 5) is 2.71. The molecule has 188 valence electrons. The van der Waals surface area contributed by atoms with Crippen LogP contribution in [0.4, 0.5) is 0 Å². The zero-order valence-electron chi connectivity index (χ0n) is 21.9. The van der Waals surface area contributed by atoms with Crippen LogP contribution in [-0.2, 0) is 6.42 Å². The lowest BCUT2D eigenvalue weighted by Crippen LogP contribution is -1.96. The van der Waals surface area contributed by atoms with Crippen LogP contribution in [0.5, 0.6) is 0 Å². The molecule has 0 saturated carbocycles. The minimum Gasteiger partial charge on any atom is -0.309 e. The van der Waals surface area contributed by atoms with Crippen LogP contribution in [0.15, 0.2) is 121 Å². The molecule has 0 aliphatic heterocycles. The highest BCUT2D eigenvalue weighted by Crippen LogP contribution is 2.49. The van der Waals surface area contributed by atoms with E-state index in [2.05, 4.69) is 138 Å². The van der Waals surface area contributed by atoms with E-state index in [-0.39, 0.29) is 0 Å². The molecule has 8 rings (SSSR count). The van der Waals surface area contributed by atoms with Crippen LogP contribution in [0.25, 0.3) is 65.6 Å². The molecule has 1 nitrogen and oxygen atoms in total. The Morgan fingerprint density at radius 2 is 1.48 bits per heavy atom. The number of hydrogen-bond acceptors (Lipinski definition) is 1. The van der Waals surface area contributed by atoms with E-state index < -0.39 is 0 Å². The van der Waals surface area contributed by atoms with Gasteiger partial charge in [-0.25, -0.2) is 0 Å². The van der Waals surface area contributed by atoms with Gasteiger partial charge in [-0.1, -0.05) is 97.1 Å². The summed E-state index contributed by atoms with van der Waals surface area (Å²) in [6.45, 7) is 0. The Hall–Kier alpha value is -4.84. The first-order chi connectivity index (χ1) is 19.9. The van der Waals surface area contributed by atoms with E-state index in [1.165, 1.54) is 65.1 Å². The number of allylic oxidation sites excluding steroid dienone is 1. The number of hydrogen-bond donors (Lipinski definition) is 0. The largest absolute Gasteiger partial charge is 0.309 e. The molecule has 2 aromatic heterocycles. The number of para-hydroxylation sites is 2. The van der Waals surface area contributed by atoms with E-state index in [9.17, 15) is 0 Å². The molecule has 1 aliphatic rings. The molecule has 0 bridgehead atoms. The van der Waals surface area contributed by atoms with Gasteiger partial charge in [0.2, 0.25) is 0 Å². The normalized spacial score (nSPS) is 12.5. The summed E-state index contributed by atoms with van der Waals surface area (Å²) in [5, 5.41) is 2.51. The Balaban J connectivity index is 1.49. The minimum absolute atomic E-state index is 1.05. The van der Waals surface area contributed by atoms with Crippen LogP contribution >= 0.6 is 11.3 Å². The standard InChI is InChI=1S/C38H25NS/c1-4-14-26(15-5-1)32-24-33-29-20-12-13-23-35(29)39(28-18-8-3-9-19-28)36(33)25-34(32)38-31-22-11-10-21-30(31)37(40-38)27-16-6-2-7-17-27/h1-4,6-10,12-14,16-21,23-25H,11,22H2. The molecule has 0 spiro atoms. The lowest BCUT2D eigenvalue weighted by atomic mass is 9.90. The zero-order valence-corrected chi connectivity index (χ0v) is 22.7. The van der Waals surface area contributed by atoms with Gasteiger partial charge in [-0.15, -0.1) is 11.3 Å². The van der Waals surface area contributed by atoms with Crippen LogP contribution in [-0.4, -0.2) is 4.57 Å². The van der Waals surface area contributed by atoms with E-state index >= 15 is 0 Å². The maximum absolute atomic E-state index is 3.42. The van der Waals surface area contributed by atoms with Crippen molar-refractivity contribution in [3.05, 3.63) is 145 Å². The summed E-state index contributed by atoms with van der Waals surface area (Å²) in [7, 11) is 0. The second-order valence-electron chi connectivity index (χ2n) is 10.3. The SMILES string of the molecule is c1cccc(-c2cc3c4ccccc4n(-c4ccccc4)c3cc2-c2sc(-c3ccccc3)c3c2CCC=C3)c#1. The molecule has 0 atom stereocenters. The third-order valence-corrected chi connectivity index (χ3v) is 9.27. The van der Waals surface area contributed by atoms with Crippen molar-refractivity contribution in [3.8, 4) is 37.7 Å². The third-order valence-electron chi connectivity index (χ3n) is 7.94. The minimum atomic E-state index is 1.05. The average Bonchev–Trinajstić information content (AvgIpc) is 3.58. The van der Waals surface area contributed by atoms with Crippen LogP contribution < -0.4 is 0 Å². The van der Waals surface area contributed by atoms with Gasteiger partial charge in [0.1, 0.15) is 0 Å². The Bertz CT molecular complexity index is 2030. The Labute approximate surface area is 238 Å². The van der Waals surface area contributed by atoms with Crippen molar-refractivity contribution < 1.29 is 0 Å². The molecule has 0 N–H and O–H groups in total. The first kappa shape index (κ1) is 23.1. The highest BCUT2D eigenvalue weighted by atomic mass is 32.1. The van der Waals surface area contributed by atoms with Crippen molar-refractivity contribution in [2.45, 2.75) is 12.8 Å². The molecule has 0 amide bonds. The van der Waals surface area contributed by atoms with Gasteiger partial charge >= 0.3 is 0 Å². The van der Waals surface area contributed by atoms with Crippen LogP contribution in [0.1, 0.15) is 17.5 Å². The second kappa shape index (κ2) is 9.42. The summed E-state index contributed by atoms with van der Waals surface area (Å²) in [5.74, 6) is 0. The fourth-order valence-electron chi connectivity index (χ4n) is 6.14. The van der Waals surface area contributed by atoms with Crippen molar-refractivity contribution in [1.29, 1.82) is 0 Å². The number of rotatable bonds is 4. The maximum atomic E-state index is 3.42. The summed E-state index contributed by atoms with van der Waals surface area (Å²) < 4.78 is 2.41. The molecule has 0 fully saturated rings. The Morgan fingerprint density at radius 1 is 0.675 bits per heavy atom. The molecular weight excluding hydrogens is 502 g/mol. The molecule has 0 radical (unpaired) electrons. The smallest absolute Gasteiger partial charge is 0.0547 e. The molecular formula is C38H25NS. The maximum Gasteiger partial charge on any atom is 0.0547 e. The lowest BCUT2D eigenvalue weighted by molar-refractivity contribution is 0.996. The summed E-state index contributed by atoms with van der Waals surface area (Å²) in [6.07, 6.45) is 6.78. The molecule has 0 unspecified atom stereocenters. The third kappa shape index (κ3) is 3.63. The predicted molar refractivity (Wildman–Crippen MR) is 170 cm³/mol. The fourth-order valence-corrected chi connectivity index (χ4v) is 7.52. The summed E-state index contributed by atoms with van der Waals surface area (Å²) in [5.41, 5.74) is 11.3. The predicted octanol–water partition coefficient (Wildman–Crippen LogP) is 10.4. The van der Waals surface area contributed by atoms with Gasteiger partial charge < -0.3 is 4.57 Å². The molecule has 1 aliphatic carbocycles. The number of thiophene rings is 1. The zero-order chi connectivity index (χ0) is 26.5. The van der Waals surface area contributed by atoms with Crippen LogP contribution in [0, 0.1) is 12.1 Å². The lowest BCUT2D eigenvalue weighted by Gasteiger charge is -2.14. The first-order valence-electron chi connectivity index (χ1n) is 13.8. The van der Waals surface area contributed by atoms with Gasteiger partial charge in [-0.3, -0.25) is 0 Å². The van der Waals surface area contributed by atoms with Gasteiger partial charge in [0.05, 0.1) is 11.0 Å². The topological polar surface area (TPSA) is 4.93 Å². The molecule has 2 heteroatoms. The van der Waals surface area contributed by atoms with E-state index in [0.29, 0.717) is 0 Å². The van der Waals surface area contributed by atoms with Gasteiger partial charge in [-0.05, 0) is 77.6 Å². The Morgan fingerprint density at radius 3 is 2.30 bits per heavy atom. The van der Waals surface area contributed by atoms with E-state index in [1.54, 1.807) is 0 Å². The quantitative estimate of drug-likeness (QED) is 0.215. The highest BCUT2D eigenvalue weighted by molar-refractivity contribution is 7.19. The number of benzene rings is 4. The fraction of sp³-hybridized carbons (Fsp3) is 0.0526. The highest BCUT2D eigenvalue weighted by Gasteiger charge is 2.24. The van der Waals surface area contributed by atoms with E-state index in [1.807, 2.05) is 17.4 Å². The average molecular weight is 528 g/mol. The number of fused-ring (bicyclic) bond motifs is 4. The van der Waals surface area contributed by atoms with Gasteiger partial charge in [0.15, 0.2) is 0 Å². The Kier molecular flexibility index (Phi) is 5.43. The van der Waals surface area contributed by atoms with Gasteiger partial charge in [0, 0.05) is 37.3 Å². The van der Waals surface area contributed by atoms with E-state index in [4.69, 9.17) is 0 Å². The summed E-state index contributed by atoms with van der Waals surface area (Å²) in [6, 6.07) is 47.9. The molecule has 5 aromatic carbocycles. The number of aromatic nitrogens is 1. The molecule has 0 saturated heterocycles. The van der Waals surface area contributed by atoms with Crippen LogP contribution in [0.3, 0.4) is 0 Å². The van der Waals surface area contributed by atoms with Crippen LogP contribution in [0.2, 0.25) is 0 Å². The van der Waals surface area contributed by atoms with Crippen molar-refractivity contribution in [2.75, 3.05) is 0 Å². The monoisotopic (exact) mass is 527 g/mol. The molecule has 40 heavy (non-hydrogen) atoms. The second-order valence-corrected chi connectivity index (χ2v) is 11.3. The van der Waals surface area contributed by atoms with Gasteiger partial charge in [-0.2, -0.15) is 0 Å². The van der Waals surface area contributed by atoms with Crippen molar-refractivity contribution in [1.82, 2.24) is 4.57 Å². The van der Waals surface area contributed by atoms with Crippen molar-refractivity contribution in [2.24, 2.45) is 0 Å². The molecule has 7 aromatic rings. The first-order valence-corrected chi connectivity index (χ1v) is 14.6. The molecule has 2 heterocycles. The van der Waals surface area contributed by atoms with E-state index in [0.717, 1.165) is 18.4 Å².